The van der Waals surface area contributed by atoms with Crippen LogP contribution in [0.4, 0.5) is 0 Å². The number of imidazole rings is 1. The maximum Gasteiger partial charge on any atom is 0.333 e. The zero-order valence-corrected chi connectivity index (χ0v) is 24.8. The first-order chi connectivity index (χ1) is 17.7. The average molecular weight is 502 g/mol. The fourth-order valence-electron chi connectivity index (χ4n) is 4.78. The monoisotopic (exact) mass is 501 g/mol. The predicted octanol–water partition coefficient (Wildman–Crippen LogP) is 6.27. The van der Waals surface area contributed by atoms with Crippen molar-refractivity contribution in [2.24, 2.45) is 7.05 Å². The van der Waals surface area contributed by atoms with Crippen LogP contribution in [0.15, 0.2) is 66.2 Å². The van der Waals surface area contributed by atoms with Gasteiger partial charge >= 0.3 is 5.69 Å². The van der Waals surface area contributed by atoms with Gasteiger partial charge < -0.3 is 4.90 Å². The molecule has 0 amide bonds. The lowest BCUT2D eigenvalue weighted by molar-refractivity contribution is 0.565. The Morgan fingerprint density at radius 2 is 1.76 bits per heavy atom. The van der Waals surface area contributed by atoms with Crippen LogP contribution >= 0.6 is 0 Å². The molecule has 0 saturated heterocycles. The number of aromatic nitrogens is 2. The van der Waals surface area contributed by atoms with E-state index < -0.39 is 0 Å². The first-order valence-corrected chi connectivity index (χ1v) is 13.1. The van der Waals surface area contributed by atoms with Crippen LogP contribution in [0.3, 0.4) is 0 Å². The molecule has 0 N–H and O–H groups in total. The Labute approximate surface area is 224 Å². The predicted molar refractivity (Wildman–Crippen MR) is 164 cm³/mol. The highest BCUT2D eigenvalue weighted by molar-refractivity contribution is 5.70. The van der Waals surface area contributed by atoms with Gasteiger partial charge in [0.1, 0.15) is 0 Å². The molecule has 0 bridgehead atoms. The van der Waals surface area contributed by atoms with Gasteiger partial charge in [0.05, 0.1) is 16.4 Å². The fraction of sp³-hybridized carbons (Fsp3) is 0.364. The molecular weight excluding hydrogens is 454 g/mol. The van der Waals surface area contributed by atoms with Crippen LogP contribution in [-0.2, 0) is 7.05 Å². The van der Waals surface area contributed by atoms with Crippen LogP contribution < -0.4 is 16.3 Å². The fourth-order valence-corrected chi connectivity index (χ4v) is 4.78. The third kappa shape index (κ3) is 6.43. The van der Waals surface area contributed by atoms with E-state index in [0.29, 0.717) is 0 Å². The highest BCUT2D eigenvalue weighted by atomic mass is 16.1. The van der Waals surface area contributed by atoms with E-state index in [4.69, 9.17) is 0 Å². The molecule has 37 heavy (non-hydrogen) atoms. The summed E-state index contributed by atoms with van der Waals surface area (Å²) in [5, 5.41) is 4.16. The molecule has 0 saturated carbocycles. The smallest absolute Gasteiger partial charge is 0.333 e. The summed E-state index contributed by atoms with van der Waals surface area (Å²) < 4.78 is 3.68. The molecule has 3 rings (SSSR count). The van der Waals surface area contributed by atoms with Gasteiger partial charge in [-0.15, -0.1) is 13.2 Å². The molecule has 0 spiro atoms. The van der Waals surface area contributed by atoms with Crippen molar-refractivity contribution in [2.45, 2.75) is 61.3 Å². The number of benzene rings is 1. The Kier molecular flexibility index (Phi) is 12.1. The Hall–Kier alpha value is -3.53. The minimum atomic E-state index is -0.0317. The maximum absolute atomic E-state index is 13.7. The summed E-state index contributed by atoms with van der Waals surface area (Å²) in [7, 11) is 5.94. The number of allylic oxidation sites excluding steroid dienone is 6. The van der Waals surface area contributed by atoms with Crippen molar-refractivity contribution >= 4 is 23.4 Å². The van der Waals surface area contributed by atoms with Crippen molar-refractivity contribution in [3.05, 3.63) is 104 Å². The van der Waals surface area contributed by atoms with Gasteiger partial charge in [-0.2, -0.15) is 0 Å². The number of nitrogens with zero attached hydrogens (tertiary/aromatic N) is 3. The molecule has 0 atom stereocenters. The minimum Gasteiger partial charge on any atom is -0.383 e. The summed E-state index contributed by atoms with van der Waals surface area (Å²) in [6.07, 6.45) is 12.1. The Balaban J connectivity index is 0.00000163. The summed E-state index contributed by atoms with van der Waals surface area (Å²) in [6, 6.07) is 4.51. The number of fused-ring (bicyclic) bond motifs is 2. The molecule has 0 unspecified atom stereocenters. The lowest BCUT2D eigenvalue weighted by atomic mass is 9.99. The van der Waals surface area contributed by atoms with E-state index >= 15 is 0 Å². The minimum absolute atomic E-state index is 0.0317. The normalized spacial score (nSPS) is 13.1. The summed E-state index contributed by atoms with van der Waals surface area (Å²) >= 11 is 0. The molecule has 1 aromatic heterocycles. The Bertz CT molecular complexity index is 1490. The molecule has 1 aliphatic rings. The highest BCUT2D eigenvalue weighted by Gasteiger charge is 2.18. The van der Waals surface area contributed by atoms with E-state index in [0.717, 1.165) is 50.8 Å². The zero-order chi connectivity index (χ0) is 28.4. The highest BCUT2D eigenvalue weighted by Crippen LogP contribution is 2.24. The van der Waals surface area contributed by atoms with Crippen molar-refractivity contribution in [3.8, 4) is 0 Å². The topological polar surface area (TPSA) is 30.2 Å². The standard InChI is InChI=1S/C29H37N3O.C2H6.C2H4/c1-10-19(4)27(22(11-2)12-3)32-28-25-17-24(21(6)18-30(7)8)20(5)16-23(25)14-13-15-26(28)31(9)29(32)33;2*1-2/h10-11,14-18H,1,12-13H2,2-9H3;1-2H3;1-2H2/b21-18+,22-11-,27-19+;;. The number of hydrogen-bond acceptors (Lipinski definition) is 2. The van der Waals surface area contributed by atoms with Crippen LogP contribution in [0.5, 0.6) is 0 Å². The van der Waals surface area contributed by atoms with Crippen LogP contribution in [0.25, 0.3) is 23.4 Å². The summed E-state index contributed by atoms with van der Waals surface area (Å²) in [6.45, 7) is 24.5. The van der Waals surface area contributed by atoms with Gasteiger partial charge in [-0.25, -0.2) is 4.79 Å². The molecule has 1 aromatic carbocycles. The van der Waals surface area contributed by atoms with Gasteiger partial charge in [0.2, 0.25) is 0 Å². The summed E-state index contributed by atoms with van der Waals surface area (Å²) in [4.78, 5) is 15.8. The third-order valence-corrected chi connectivity index (χ3v) is 6.42. The molecule has 0 radical (unpaired) electrons. The molecule has 2 aromatic rings. The van der Waals surface area contributed by atoms with Gasteiger partial charge in [-0.05, 0) is 79.7 Å². The van der Waals surface area contributed by atoms with Gasteiger partial charge in [-0.1, -0.05) is 57.7 Å². The van der Waals surface area contributed by atoms with Gasteiger partial charge in [-0.3, -0.25) is 9.13 Å². The van der Waals surface area contributed by atoms with E-state index in [2.05, 4.69) is 82.0 Å². The van der Waals surface area contributed by atoms with Crippen LogP contribution in [0, 0.1) is 17.5 Å². The molecule has 0 fully saturated rings. The quantitative estimate of drug-likeness (QED) is 0.345. The lowest BCUT2D eigenvalue weighted by Gasteiger charge is -2.15. The van der Waals surface area contributed by atoms with Crippen LogP contribution in [-0.4, -0.2) is 28.1 Å². The van der Waals surface area contributed by atoms with Gasteiger partial charge in [0, 0.05) is 32.6 Å². The van der Waals surface area contributed by atoms with Crippen LogP contribution in [0.1, 0.15) is 65.5 Å². The van der Waals surface area contributed by atoms with E-state index in [1.54, 1.807) is 4.57 Å². The molecule has 4 nitrogen and oxygen atoms in total. The van der Waals surface area contributed by atoms with E-state index in [1.165, 1.54) is 16.7 Å². The van der Waals surface area contributed by atoms with E-state index in [-0.39, 0.29) is 5.69 Å². The SMILES string of the molecule is C=C.C=C/C(C)=C(\C(=C/C)CC)n1c2c(n(C)c1=O)=CCC=c1cc(C)c(/C(C)=C/N(C)C)cc1=2.CC. The average Bonchev–Trinajstić information content (AvgIpc) is 3.02. The van der Waals surface area contributed by atoms with Gasteiger partial charge in [0.15, 0.2) is 0 Å². The molecule has 0 aliphatic heterocycles. The second kappa shape index (κ2) is 14.3. The van der Waals surface area contributed by atoms with Crippen molar-refractivity contribution < 1.29 is 0 Å². The largest absolute Gasteiger partial charge is 0.383 e. The zero-order valence-electron chi connectivity index (χ0n) is 24.8. The van der Waals surface area contributed by atoms with Crippen molar-refractivity contribution in [1.82, 2.24) is 14.0 Å². The van der Waals surface area contributed by atoms with E-state index in [1.807, 2.05) is 59.5 Å². The molecule has 4 heteroatoms. The van der Waals surface area contributed by atoms with Crippen LogP contribution in [0.2, 0.25) is 0 Å². The van der Waals surface area contributed by atoms with Crippen molar-refractivity contribution in [2.75, 3.05) is 14.1 Å². The summed E-state index contributed by atoms with van der Waals surface area (Å²) in [5.74, 6) is 0. The van der Waals surface area contributed by atoms with Crippen molar-refractivity contribution in [1.29, 1.82) is 0 Å². The number of rotatable bonds is 6. The second-order valence-corrected chi connectivity index (χ2v) is 8.99. The second-order valence-electron chi connectivity index (χ2n) is 8.99. The summed E-state index contributed by atoms with van der Waals surface area (Å²) in [5.41, 5.74) is 6.64. The third-order valence-electron chi connectivity index (χ3n) is 6.42. The lowest BCUT2D eigenvalue weighted by Crippen LogP contribution is -2.26. The van der Waals surface area contributed by atoms with Crippen molar-refractivity contribution in [3.63, 3.8) is 0 Å². The Morgan fingerprint density at radius 3 is 2.27 bits per heavy atom. The first-order valence-electron chi connectivity index (χ1n) is 13.1. The number of hydrogen-bond donors (Lipinski definition) is 0. The molecular formula is C33H47N3O. The Morgan fingerprint density at radius 1 is 1.14 bits per heavy atom. The number of aryl methyl sites for hydroxylation is 1. The molecule has 200 valence electrons. The van der Waals surface area contributed by atoms with Gasteiger partial charge in [0.25, 0.3) is 0 Å². The first kappa shape index (κ1) is 31.5. The molecule has 1 heterocycles. The van der Waals surface area contributed by atoms with E-state index in [9.17, 15) is 4.79 Å². The molecule has 1 aliphatic carbocycles. The maximum atomic E-state index is 13.7.